The average molecular weight is 1120 g/mol. The van der Waals surface area contributed by atoms with Crippen LogP contribution in [0.4, 0.5) is 0 Å². The summed E-state index contributed by atoms with van der Waals surface area (Å²) >= 11 is 0. The van der Waals surface area contributed by atoms with Gasteiger partial charge < -0.3 is 14.2 Å². The average Bonchev–Trinajstić information content (AvgIpc) is 3.46. The molecule has 6 heteroatoms. The van der Waals surface area contributed by atoms with Crippen molar-refractivity contribution in [1.82, 2.24) is 0 Å². The van der Waals surface area contributed by atoms with Crippen molar-refractivity contribution in [2.75, 3.05) is 13.2 Å². The van der Waals surface area contributed by atoms with Gasteiger partial charge in [0, 0.05) is 19.3 Å². The minimum absolute atomic E-state index is 0.0958. The second-order valence-corrected chi connectivity index (χ2v) is 22.4. The predicted octanol–water partition coefficient (Wildman–Crippen LogP) is 23.6. The molecule has 0 aromatic heterocycles. The first-order valence-corrected chi connectivity index (χ1v) is 34.0. The van der Waals surface area contributed by atoms with Crippen LogP contribution < -0.4 is 0 Å². The summed E-state index contributed by atoms with van der Waals surface area (Å²) < 4.78 is 16.9. The summed E-state index contributed by atoms with van der Waals surface area (Å²) in [5.74, 6) is -0.951. The highest BCUT2D eigenvalue weighted by molar-refractivity contribution is 5.71. The van der Waals surface area contributed by atoms with Gasteiger partial charge in [-0.2, -0.15) is 0 Å². The van der Waals surface area contributed by atoms with E-state index in [0.717, 1.165) is 103 Å². The van der Waals surface area contributed by atoms with Gasteiger partial charge in [-0.1, -0.05) is 309 Å². The molecule has 6 nitrogen and oxygen atoms in total. The van der Waals surface area contributed by atoms with E-state index in [1.807, 2.05) is 0 Å². The van der Waals surface area contributed by atoms with Gasteiger partial charge in [0.15, 0.2) is 6.10 Å². The van der Waals surface area contributed by atoms with Gasteiger partial charge in [0.2, 0.25) is 0 Å². The number of carbonyl (C=O) groups is 3. The molecule has 0 bridgehead atoms. The lowest BCUT2D eigenvalue weighted by Gasteiger charge is -2.18. The Labute approximate surface area is 501 Å². The second-order valence-electron chi connectivity index (χ2n) is 22.4. The summed E-state index contributed by atoms with van der Waals surface area (Å²) in [5, 5.41) is 0. The van der Waals surface area contributed by atoms with Gasteiger partial charge in [0.05, 0.1) is 0 Å². The summed E-state index contributed by atoms with van der Waals surface area (Å²) in [5.41, 5.74) is 0. The van der Waals surface area contributed by atoms with Crippen molar-refractivity contribution in [2.45, 2.75) is 322 Å². The molecule has 81 heavy (non-hydrogen) atoms. The molecule has 0 aliphatic heterocycles. The fraction of sp³-hybridized carbons (Fsp3) is 0.693. The summed E-state index contributed by atoms with van der Waals surface area (Å²) in [7, 11) is 0. The van der Waals surface area contributed by atoms with E-state index in [2.05, 4.69) is 142 Å². The molecule has 0 aromatic carbocycles. The first-order chi connectivity index (χ1) is 40.0. The zero-order valence-corrected chi connectivity index (χ0v) is 53.0. The van der Waals surface area contributed by atoms with Crippen LogP contribution in [-0.2, 0) is 28.6 Å². The molecule has 1 atom stereocenters. The molecule has 0 saturated heterocycles. The van der Waals surface area contributed by atoms with Crippen LogP contribution >= 0.6 is 0 Å². The van der Waals surface area contributed by atoms with Crippen molar-refractivity contribution < 1.29 is 28.6 Å². The fourth-order valence-corrected chi connectivity index (χ4v) is 9.38. The van der Waals surface area contributed by atoms with Crippen LogP contribution in [0, 0.1) is 0 Å². The van der Waals surface area contributed by atoms with E-state index in [4.69, 9.17) is 14.2 Å². The second kappa shape index (κ2) is 68.3. The van der Waals surface area contributed by atoms with Crippen molar-refractivity contribution in [3.63, 3.8) is 0 Å². The number of rotatable bonds is 61. The Hall–Kier alpha value is -4.19. The number of ether oxygens (including phenoxy) is 3. The number of hydrogen-bond donors (Lipinski definition) is 0. The van der Waals surface area contributed by atoms with Crippen LogP contribution in [0.3, 0.4) is 0 Å². The van der Waals surface area contributed by atoms with Gasteiger partial charge in [0.25, 0.3) is 0 Å². The van der Waals surface area contributed by atoms with E-state index >= 15 is 0 Å². The van der Waals surface area contributed by atoms with Gasteiger partial charge in [-0.15, -0.1) is 0 Å². The Morgan fingerprint density at radius 1 is 0.259 bits per heavy atom. The fourth-order valence-electron chi connectivity index (χ4n) is 9.38. The monoisotopic (exact) mass is 1120 g/mol. The number of hydrogen-bond acceptors (Lipinski definition) is 6. The minimum atomic E-state index is -0.805. The molecule has 0 radical (unpaired) electrons. The van der Waals surface area contributed by atoms with Crippen LogP contribution in [0.15, 0.2) is 122 Å². The zero-order chi connectivity index (χ0) is 58.5. The Bertz CT molecular complexity index is 1670. The van der Waals surface area contributed by atoms with Crippen molar-refractivity contribution in [1.29, 1.82) is 0 Å². The van der Waals surface area contributed by atoms with Crippen molar-refractivity contribution >= 4 is 17.9 Å². The van der Waals surface area contributed by atoms with Crippen LogP contribution in [-0.4, -0.2) is 37.2 Å². The molecule has 0 aliphatic carbocycles. The van der Waals surface area contributed by atoms with Crippen LogP contribution in [0.2, 0.25) is 0 Å². The molecule has 0 heterocycles. The van der Waals surface area contributed by atoms with E-state index in [1.54, 1.807) is 0 Å². The smallest absolute Gasteiger partial charge is 0.306 e. The van der Waals surface area contributed by atoms with Crippen LogP contribution in [0.5, 0.6) is 0 Å². The van der Waals surface area contributed by atoms with Crippen LogP contribution in [0.1, 0.15) is 316 Å². The molecule has 0 spiro atoms. The standard InChI is InChI=1S/C75H126O6/c1-4-7-10-13-16-19-22-25-27-29-31-33-34-35-36-37-38-39-40-42-43-45-47-50-53-56-59-62-65-68-74(77)80-71-72(70-79-73(76)67-64-61-58-55-52-49-24-21-18-15-12-9-6-3)81-75(78)69-66-63-60-57-54-51-48-46-44-41-32-30-28-26-23-20-17-14-11-8-5-2/h7,10,16,19,25,27,30-33,35-36,38-39,42-43,47,50,56,59,72H,4-6,8-9,11-15,17-18,20-24,26,28-29,34,37,40-41,44-46,48-49,51-55,57-58,60-71H2,1-3H3/b10-7-,19-16-,27-25-,32-30-,33-31-,36-35-,39-38-,43-42-,50-47-,59-56-. The van der Waals surface area contributed by atoms with E-state index in [0.29, 0.717) is 19.3 Å². The first kappa shape index (κ1) is 76.8. The van der Waals surface area contributed by atoms with E-state index in [9.17, 15) is 14.4 Å². The molecule has 0 fully saturated rings. The molecule has 0 amide bonds. The van der Waals surface area contributed by atoms with Crippen LogP contribution in [0.25, 0.3) is 0 Å². The summed E-state index contributed by atoms with van der Waals surface area (Å²) in [6.45, 7) is 6.50. The Kier molecular flexibility index (Phi) is 64.8. The number of allylic oxidation sites excluding steroid dienone is 20. The number of unbranched alkanes of at least 4 members (excludes halogenated alkanes) is 30. The maximum Gasteiger partial charge on any atom is 0.306 e. The van der Waals surface area contributed by atoms with Crippen molar-refractivity contribution in [2.24, 2.45) is 0 Å². The summed E-state index contributed by atoms with van der Waals surface area (Å²) in [4.78, 5) is 38.3. The van der Waals surface area contributed by atoms with Gasteiger partial charge in [0.1, 0.15) is 13.2 Å². The topological polar surface area (TPSA) is 78.9 Å². The highest BCUT2D eigenvalue weighted by Crippen LogP contribution is 2.16. The molecule has 0 saturated carbocycles. The number of esters is 3. The quantitative estimate of drug-likeness (QED) is 0.0261. The highest BCUT2D eigenvalue weighted by Gasteiger charge is 2.19. The molecule has 1 unspecified atom stereocenters. The lowest BCUT2D eigenvalue weighted by molar-refractivity contribution is -0.167. The molecule has 462 valence electrons. The summed E-state index contributed by atoms with van der Waals surface area (Å²) in [6, 6.07) is 0. The third-order valence-corrected chi connectivity index (χ3v) is 14.5. The van der Waals surface area contributed by atoms with E-state index in [-0.39, 0.29) is 37.5 Å². The number of carbonyl (C=O) groups excluding carboxylic acids is 3. The van der Waals surface area contributed by atoms with Gasteiger partial charge in [-0.25, -0.2) is 0 Å². The lowest BCUT2D eigenvalue weighted by atomic mass is 10.0. The van der Waals surface area contributed by atoms with Gasteiger partial charge >= 0.3 is 17.9 Å². The zero-order valence-electron chi connectivity index (χ0n) is 53.0. The van der Waals surface area contributed by atoms with E-state index in [1.165, 1.54) is 167 Å². The molecule has 0 N–H and O–H groups in total. The highest BCUT2D eigenvalue weighted by atomic mass is 16.6. The molecular formula is C75H126O6. The molecule has 0 aliphatic rings. The van der Waals surface area contributed by atoms with E-state index < -0.39 is 6.10 Å². The van der Waals surface area contributed by atoms with Gasteiger partial charge in [-0.05, 0) is 109 Å². The Morgan fingerprint density at radius 2 is 0.494 bits per heavy atom. The maximum absolute atomic E-state index is 12.9. The normalized spacial score (nSPS) is 12.9. The van der Waals surface area contributed by atoms with Crippen molar-refractivity contribution in [3.8, 4) is 0 Å². The van der Waals surface area contributed by atoms with Gasteiger partial charge in [-0.3, -0.25) is 14.4 Å². The maximum atomic E-state index is 12.9. The largest absolute Gasteiger partial charge is 0.462 e. The minimum Gasteiger partial charge on any atom is -0.462 e. The molecule has 0 rings (SSSR count). The van der Waals surface area contributed by atoms with Crippen molar-refractivity contribution in [3.05, 3.63) is 122 Å². The third kappa shape index (κ3) is 66.5. The lowest BCUT2D eigenvalue weighted by Crippen LogP contribution is -2.30. The third-order valence-electron chi connectivity index (χ3n) is 14.5. The first-order valence-electron chi connectivity index (χ1n) is 34.0. The Morgan fingerprint density at radius 3 is 0.815 bits per heavy atom. The SMILES string of the molecule is CC/C=C\C/C=C\C/C=C\C/C=C\C/C=C\C/C=C\C/C=C\C/C=C\C/C=C\CCCC(=O)OCC(COC(=O)CCCCCCCCCCCCCCC)OC(=O)CCCCCCCCCCC/C=C\CCCCCCCCCC. The Balaban J connectivity index is 4.42. The molecule has 0 aromatic rings. The summed E-state index contributed by atoms with van der Waals surface area (Å²) in [6.07, 6.45) is 95.0. The molecular weight excluding hydrogens is 997 g/mol. The predicted molar refractivity (Wildman–Crippen MR) is 353 cm³/mol.